The molecule has 0 radical (unpaired) electrons. The van der Waals surface area contributed by atoms with Gasteiger partial charge < -0.3 is 5.32 Å². The minimum atomic E-state index is 0.627. The first-order valence-electron chi connectivity index (χ1n) is 5.96. The summed E-state index contributed by atoms with van der Waals surface area (Å²) in [4.78, 5) is 0. The molecule has 1 heterocycles. The lowest BCUT2D eigenvalue weighted by Gasteiger charge is -2.09. The first-order chi connectivity index (χ1) is 9.04. The highest BCUT2D eigenvalue weighted by molar-refractivity contribution is 9.10. The van der Waals surface area contributed by atoms with Gasteiger partial charge in [0.05, 0.1) is 16.9 Å². The van der Waals surface area contributed by atoms with E-state index in [1.54, 1.807) is 0 Å². The van der Waals surface area contributed by atoms with Crippen LogP contribution in [-0.2, 0) is 13.6 Å². The number of nitriles is 1. The zero-order valence-corrected chi connectivity index (χ0v) is 12.7. The predicted octanol–water partition coefficient (Wildman–Crippen LogP) is 3.28. The van der Waals surface area contributed by atoms with E-state index in [2.05, 4.69) is 32.4 Å². The van der Waals surface area contributed by atoms with Crippen molar-refractivity contribution < 1.29 is 0 Å². The molecule has 2 rings (SSSR count). The molecule has 0 aliphatic rings. The average molecular weight is 319 g/mol. The molecular formula is C14H15BrN4. The van der Waals surface area contributed by atoms with Crippen LogP contribution in [0, 0.1) is 25.2 Å². The minimum absolute atomic E-state index is 0.627. The van der Waals surface area contributed by atoms with Gasteiger partial charge in [-0.15, -0.1) is 0 Å². The number of nitrogens with zero attached hydrogens (tertiary/aromatic N) is 3. The van der Waals surface area contributed by atoms with Crippen molar-refractivity contribution in [2.45, 2.75) is 20.4 Å². The van der Waals surface area contributed by atoms with Crippen LogP contribution in [0.3, 0.4) is 0 Å². The van der Waals surface area contributed by atoms with Crippen LogP contribution in [0.2, 0.25) is 0 Å². The maximum atomic E-state index is 9.17. The quantitative estimate of drug-likeness (QED) is 0.944. The van der Waals surface area contributed by atoms with Crippen molar-refractivity contribution in [2.75, 3.05) is 5.32 Å². The molecule has 1 aromatic heterocycles. The van der Waals surface area contributed by atoms with E-state index in [0.717, 1.165) is 21.5 Å². The van der Waals surface area contributed by atoms with Crippen molar-refractivity contribution in [1.29, 1.82) is 5.26 Å². The lowest BCUT2D eigenvalue weighted by Crippen LogP contribution is -2.04. The summed E-state index contributed by atoms with van der Waals surface area (Å²) in [7, 11) is 1.94. The molecule has 5 heteroatoms. The molecule has 0 amide bonds. The van der Waals surface area contributed by atoms with E-state index < -0.39 is 0 Å². The van der Waals surface area contributed by atoms with Crippen molar-refractivity contribution in [3.05, 3.63) is 45.2 Å². The lowest BCUT2D eigenvalue weighted by molar-refractivity contribution is 0.730. The fourth-order valence-corrected chi connectivity index (χ4v) is 2.50. The number of anilines is 1. The number of benzene rings is 1. The normalized spacial score (nSPS) is 10.3. The van der Waals surface area contributed by atoms with Gasteiger partial charge in [-0.3, -0.25) is 4.68 Å². The summed E-state index contributed by atoms with van der Waals surface area (Å²) >= 11 is 3.39. The highest BCUT2D eigenvalue weighted by Gasteiger charge is 2.10. The molecule has 0 saturated carbocycles. The number of aryl methyl sites for hydroxylation is 2. The molecule has 0 aliphatic heterocycles. The van der Waals surface area contributed by atoms with Crippen LogP contribution in [0.5, 0.6) is 0 Å². The van der Waals surface area contributed by atoms with Crippen molar-refractivity contribution in [3.8, 4) is 6.07 Å². The monoisotopic (exact) mass is 318 g/mol. The van der Waals surface area contributed by atoms with Crippen LogP contribution in [0.15, 0.2) is 22.7 Å². The van der Waals surface area contributed by atoms with Crippen molar-refractivity contribution in [3.63, 3.8) is 0 Å². The molecule has 2 aromatic rings. The molecule has 1 N–H and O–H groups in total. The van der Waals surface area contributed by atoms with E-state index >= 15 is 0 Å². The zero-order chi connectivity index (χ0) is 14.0. The van der Waals surface area contributed by atoms with Gasteiger partial charge in [0.15, 0.2) is 0 Å². The maximum Gasteiger partial charge on any atom is 0.103 e. The summed E-state index contributed by atoms with van der Waals surface area (Å²) in [6.45, 7) is 4.70. The first kappa shape index (κ1) is 13.6. The second-order valence-electron chi connectivity index (χ2n) is 4.40. The second kappa shape index (κ2) is 5.45. The molecule has 19 heavy (non-hydrogen) atoms. The molecular weight excluding hydrogens is 304 g/mol. The molecule has 0 atom stereocenters. The predicted molar refractivity (Wildman–Crippen MR) is 78.9 cm³/mol. The van der Waals surface area contributed by atoms with Gasteiger partial charge in [0, 0.05) is 29.3 Å². The number of rotatable bonds is 3. The topological polar surface area (TPSA) is 53.6 Å². The molecule has 4 nitrogen and oxygen atoms in total. The van der Waals surface area contributed by atoms with Crippen molar-refractivity contribution in [2.24, 2.45) is 7.05 Å². The number of aromatic nitrogens is 2. The van der Waals surface area contributed by atoms with Gasteiger partial charge in [-0.1, -0.05) is 6.07 Å². The van der Waals surface area contributed by atoms with Crippen LogP contribution in [-0.4, -0.2) is 9.78 Å². The Morgan fingerprint density at radius 3 is 2.74 bits per heavy atom. The van der Waals surface area contributed by atoms with Crippen LogP contribution < -0.4 is 5.32 Å². The molecule has 0 spiro atoms. The number of nitrogens with one attached hydrogen (secondary N) is 1. The third kappa shape index (κ3) is 2.64. The molecule has 1 aromatic carbocycles. The van der Waals surface area contributed by atoms with Gasteiger partial charge in [-0.2, -0.15) is 10.4 Å². The summed E-state index contributed by atoms with van der Waals surface area (Å²) in [5.74, 6) is 0. The van der Waals surface area contributed by atoms with Crippen LogP contribution >= 0.6 is 15.9 Å². The number of halogens is 1. The Kier molecular flexibility index (Phi) is 3.91. The van der Waals surface area contributed by atoms with Gasteiger partial charge in [0.2, 0.25) is 0 Å². The molecule has 0 bridgehead atoms. The minimum Gasteiger partial charge on any atom is -0.380 e. The largest absolute Gasteiger partial charge is 0.380 e. The number of hydrogen-bond acceptors (Lipinski definition) is 3. The fraction of sp³-hybridized carbons (Fsp3) is 0.286. The Hall–Kier alpha value is -1.80. The third-order valence-electron chi connectivity index (χ3n) is 3.24. The Balaban J connectivity index is 2.25. The van der Waals surface area contributed by atoms with E-state index in [4.69, 9.17) is 0 Å². The smallest absolute Gasteiger partial charge is 0.103 e. The average Bonchev–Trinajstić information content (AvgIpc) is 2.61. The lowest BCUT2D eigenvalue weighted by atomic mass is 10.1. The van der Waals surface area contributed by atoms with Crippen LogP contribution in [0.1, 0.15) is 22.5 Å². The van der Waals surface area contributed by atoms with Crippen LogP contribution in [0.25, 0.3) is 0 Å². The molecule has 98 valence electrons. The standard InChI is InChI=1S/C14H15BrN4/c1-9-12(10(2)19(3)18-9)8-17-14-6-4-5-13(15)11(14)7-16/h4-6,17H,8H2,1-3H3. The van der Waals surface area contributed by atoms with Gasteiger partial charge in [-0.05, 0) is 41.9 Å². The third-order valence-corrected chi connectivity index (χ3v) is 3.90. The summed E-state index contributed by atoms with van der Waals surface area (Å²) in [6, 6.07) is 7.89. The molecule has 0 saturated heterocycles. The van der Waals surface area contributed by atoms with E-state index in [0.29, 0.717) is 12.1 Å². The van der Waals surface area contributed by atoms with Crippen molar-refractivity contribution >= 4 is 21.6 Å². The SMILES string of the molecule is Cc1nn(C)c(C)c1CNc1cccc(Br)c1C#N. The Morgan fingerprint density at radius 2 is 2.16 bits per heavy atom. The highest BCUT2D eigenvalue weighted by atomic mass is 79.9. The fourth-order valence-electron chi connectivity index (χ4n) is 2.04. The summed E-state index contributed by atoms with van der Waals surface area (Å²) in [5, 5.41) is 16.9. The maximum absolute atomic E-state index is 9.17. The second-order valence-corrected chi connectivity index (χ2v) is 5.26. The number of hydrogen-bond donors (Lipinski definition) is 1. The van der Waals surface area contributed by atoms with E-state index in [9.17, 15) is 5.26 Å². The van der Waals surface area contributed by atoms with Gasteiger partial charge >= 0.3 is 0 Å². The van der Waals surface area contributed by atoms with Gasteiger partial charge in [0.25, 0.3) is 0 Å². The molecule has 0 aliphatic carbocycles. The zero-order valence-electron chi connectivity index (χ0n) is 11.2. The van der Waals surface area contributed by atoms with E-state index in [1.807, 2.05) is 43.8 Å². The van der Waals surface area contributed by atoms with E-state index in [1.165, 1.54) is 5.56 Å². The molecule has 0 unspecified atom stereocenters. The van der Waals surface area contributed by atoms with Gasteiger partial charge in [-0.25, -0.2) is 0 Å². The Bertz CT molecular complexity index is 652. The first-order valence-corrected chi connectivity index (χ1v) is 6.75. The molecule has 0 fully saturated rings. The van der Waals surface area contributed by atoms with Gasteiger partial charge in [0.1, 0.15) is 6.07 Å². The summed E-state index contributed by atoms with van der Waals surface area (Å²) < 4.78 is 2.68. The van der Waals surface area contributed by atoms with Crippen LogP contribution in [0.4, 0.5) is 5.69 Å². The highest BCUT2D eigenvalue weighted by Crippen LogP contribution is 2.24. The summed E-state index contributed by atoms with van der Waals surface area (Å²) in [5.41, 5.74) is 4.78. The Morgan fingerprint density at radius 1 is 1.42 bits per heavy atom. The summed E-state index contributed by atoms with van der Waals surface area (Å²) in [6.07, 6.45) is 0. The van der Waals surface area contributed by atoms with E-state index in [-0.39, 0.29) is 0 Å². The van der Waals surface area contributed by atoms with Crippen molar-refractivity contribution in [1.82, 2.24) is 9.78 Å². The Labute approximate surface area is 121 Å².